The average molecular weight is 245 g/mol. The molecule has 0 aliphatic carbocycles. The predicted octanol–water partition coefficient (Wildman–Crippen LogP) is 4.55. The monoisotopic (exact) mass is 245 g/mol. The van der Waals surface area contributed by atoms with Crippen LogP contribution in [0.2, 0.25) is 0 Å². The van der Waals surface area contributed by atoms with E-state index in [-0.39, 0.29) is 0 Å². The van der Waals surface area contributed by atoms with Crippen molar-refractivity contribution < 1.29 is 0 Å². The van der Waals surface area contributed by atoms with Gasteiger partial charge in [0.2, 0.25) is 0 Å². The molecular formula is C15H19NS. The first-order valence-electron chi connectivity index (χ1n) is 6.15. The molecule has 1 nitrogen and oxygen atoms in total. The molecule has 1 heterocycles. The molecular weight excluding hydrogens is 226 g/mol. The summed E-state index contributed by atoms with van der Waals surface area (Å²) in [7, 11) is 0. The molecule has 2 aromatic rings. The molecule has 1 aromatic carbocycles. The summed E-state index contributed by atoms with van der Waals surface area (Å²) in [5.41, 5.74) is 1.37. The van der Waals surface area contributed by atoms with Crippen molar-refractivity contribution in [2.24, 2.45) is 0 Å². The van der Waals surface area contributed by atoms with Crippen LogP contribution in [0.15, 0.2) is 47.8 Å². The van der Waals surface area contributed by atoms with E-state index >= 15 is 0 Å². The third-order valence-corrected chi connectivity index (χ3v) is 4.09. The van der Waals surface area contributed by atoms with Crippen LogP contribution >= 0.6 is 11.3 Å². The zero-order valence-electron chi connectivity index (χ0n) is 10.4. The molecule has 1 unspecified atom stereocenters. The topological polar surface area (TPSA) is 12.0 Å². The minimum absolute atomic E-state index is 0.417. The van der Waals surface area contributed by atoms with Gasteiger partial charge < -0.3 is 5.32 Å². The third kappa shape index (κ3) is 3.18. The minimum atomic E-state index is 0.417. The Hall–Kier alpha value is -1.12. The van der Waals surface area contributed by atoms with Gasteiger partial charge in [0.15, 0.2) is 0 Å². The van der Waals surface area contributed by atoms with Crippen LogP contribution in [-0.2, 0) is 0 Å². The zero-order valence-corrected chi connectivity index (χ0v) is 11.2. The zero-order chi connectivity index (χ0) is 12.1. The summed E-state index contributed by atoms with van der Waals surface area (Å²) in [4.78, 5) is 1.40. The van der Waals surface area contributed by atoms with Crippen molar-refractivity contribution in [3.8, 4) is 0 Å². The van der Waals surface area contributed by atoms with E-state index in [0.29, 0.717) is 12.1 Å². The Morgan fingerprint density at radius 1 is 1.12 bits per heavy atom. The Bertz CT molecular complexity index is 421. The van der Waals surface area contributed by atoms with Crippen molar-refractivity contribution in [2.75, 3.05) is 0 Å². The molecule has 0 aliphatic rings. The molecule has 0 saturated heterocycles. The Balaban J connectivity index is 2.06. The lowest BCUT2D eigenvalue weighted by atomic mass is 10.0. The lowest BCUT2D eigenvalue weighted by molar-refractivity contribution is 0.460. The van der Waals surface area contributed by atoms with E-state index in [9.17, 15) is 0 Å². The summed E-state index contributed by atoms with van der Waals surface area (Å²) in [6, 6.07) is 15.8. The van der Waals surface area contributed by atoms with E-state index in [4.69, 9.17) is 0 Å². The molecule has 2 atom stereocenters. The third-order valence-electron chi connectivity index (χ3n) is 3.03. The van der Waals surface area contributed by atoms with Gasteiger partial charge in [-0.3, -0.25) is 0 Å². The maximum atomic E-state index is 3.70. The highest BCUT2D eigenvalue weighted by molar-refractivity contribution is 7.10. The lowest BCUT2D eigenvalue weighted by Gasteiger charge is -2.22. The lowest BCUT2D eigenvalue weighted by Crippen LogP contribution is -2.23. The van der Waals surface area contributed by atoms with E-state index in [1.807, 2.05) is 11.3 Å². The van der Waals surface area contributed by atoms with Crippen molar-refractivity contribution in [3.05, 3.63) is 58.3 Å². The first kappa shape index (κ1) is 12.3. The molecule has 1 N–H and O–H groups in total. The number of hydrogen-bond acceptors (Lipinski definition) is 2. The van der Waals surface area contributed by atoms with Crippen LogP contribution in [0, 0.1) is 0 Å². The average Bonchev–Trinajstić information content (AvgIpc) is 2.90. The van der Waals surface area contributed by atoms with Gasteiger partial charge >= 0.3 is 0 Å². The van der Waals surface area contributed by atoms with Gasteiger partial charge in [-0.05, 0) is 30.4 Å². The van der Waals surface area contributed by atoms with Gasteiger partial charge in [0, 0.05) is 17.0 Å². The first-order chi connectivity index (χ1) is 8.31. The van der Waals surface area contributed by atoms with E-state index in [2.05, 4.69) is 67.0 Å². The summed E-state index contributed by atoms with van der Waals surface area (Å²) in [5, 5.41) is 5.83. The second-order valence-corrected chi connectivity index (χ2v) is 5.25. The van der Waals surface area contributed by atoms with Gasteiger partial charge in [0.05, 0.1) is 0 Å². The van der Waals surface area contributed by atoms with Gasteiger partial charge in [0.25, 0.3) is 0 Å². The summed E-state index contributed by atoms with van der Waals surface area (Å²) in [6.07, 6.45) is 1.11. The first-order valence-corrected chi connectivity index (χ1v) is 7.03. The normalized spacial score (nSPS) is 14.5. The molecule has 90 valence electrons. The van der Waals surface area contributed by atoms with Crippen LogP contribution in [0.1, 0.15) is 42.8 Å². The van der Waals surface area contributed by atoms with Gasteiger partial charge in [-0.2, -0.15) is 0 Å². The molecule has 0 radical (unpaired) electrons. The fourth-order valence-electron chi connectivity index (χ4n) is 2.06. The van der Waals surface area contributed by atoms with Crippen LogP contribution in [0.3, 0.4) is 0 Å². The van der Waals surface area contributed by atoms with Gasteiger partial charge in [-0.1, -0.05) is 43.3 Å². The second kappa shape index (κ2) is 5.99. The van der Waals surface area contributed by atoms with Crippen LogP contribution in [-0.4, -0.2) is 0 Å². The predicted molar refractivity (Wildman–Crippen MR) is 75.3 cm³/mol. The van der Waals surface area contributed by atoms with Crippen molar-refractivity contribution in [3.63, 3.8) is 0 Å². The second-order valence-electron chi connectivity index (χ2n) is 4.28. The molecule has 0 amide bonds. The summed E-state index contributed by atoms with van der Waals surface area (Å²) in [5.74, 6) is 0. The highest BCUT2D eigenvalue weighted by Gasteiger charge is 2.13. The number of thiophene rings is 1. The van der Waals surface area contributed by atoms with Gasteiger partial charge in [0.1, 0.15) is 0 Å². The number of rotatable bonds is 5. The van der Waals surface area contributed by atoms with Crippen LogP contribution in [0.25, 0.3) is 0 Å². The van der Waals surface area contributed by atoms with Gasteiger partial charge in [-0.25, -0.2) is 0 Å². The Labute approximate surface area is 108 Å². The van der Waals surface area contributed by atoms with E-state index in [1.54, 1.807) is 0 Å². The summed E-state index contributed by atoms with van der Waals surface area (Å²) < 4.78 is 0. The van der Waals surface area contributed by atoms with Crippen molar-refractivity contribution in [1.29, 1.82) is 0 Å². The molecule has 0 saturated carbocycles. The molecule has 0 aliphatic heterocycles. The highest BCUT2D eigenvalue weighted by atomic mass is 32.1. The Morgan fingerprint density at radius 2 is 1.88 bits per heavy atom. The maximum absolute atomic E-state index is 3.70. The number of nitrogens with one attached hydrogen (secondary N) is 1. The van der Waals surface area contributed by atoms with Crippen molar-refractivity contribution in [1.82, 2.24) is 5.32 Å². The van der Waals surface area contributed by atoms with Crippen LogP contribution in [0.4, 0.5) is 0 Å². The molecule has 1 aromatic heterocycles. The molecule has 0 bridgehead atoms. The quantitative estimate of drug-likeness (QED) is 0.815. The van der Waals surface area contributed by atoms with E-state index in [1.165, 1.54) is 10.4 Å². The van der Waals surface area contributed by atoms with E-state index in [0.717, 1.165) is 6.42 Å². The van der Waals surface area contributed by atoms with Crippen LogP contribution < -0.4 is 5.32 Å². The summed E-state index contributed by atoms with van der Waals surface area (Å²) in [6.45, 7) is 4.46. The Kier molecular flexibility index (Phi) is 4.35. The number of benzene rings is 1. The van der Waals surface area contributed by atoms with Crippen molar-refractivity contribution in [2.45, 2.75) is 32.4 Å². The fourth-order valence-corrected chi connectivity index (χ4v) is 2.80. The van der Waals surface area contributed by atoms with Crippen molar-refractivity contribution >= 4 is 11.3 Å². The minimum Gasteiger partial charge on any atom is -0.303 e. The largest absolute Gasteiger partial charge is 0.303 e. The maximum Gasteiger partial charge on any atom is 0.0391 e. The van der Waals surface area contributed by atoms with Gasteiger partial charge in [-0.15, -0.1) is 11.3 Å². The summed E-state index contributed by atoms with van der Waals surface area (Å²) >= 11 is 1.82. The molecule has 2 rings (SSSR count). The highest BCUT2D eigenvalue weighted by Crippen LogP contribution is 2.24. The molecule has 0 spiro atoms. The standard InChI is InChI=1S/C15H19NS/c1-3-14(13-8-5-4-6-9-13)16-12(2)15-10-7-11-17-15/h4-12,14,16H,3H2,1-2H3/t12-,14?/m0/s1. The smallest absolute Gasteiger partial charge is 0.0391 e. The van der Waals surface area contributed by atoms with E-state index < -0.39 is 0 Å². The number of hydrogen-bond donors (Lipinski definition) is 1. The molecule has 2 heteroatoms. The molecule has 17 heavy (non-hydrogen) atoms. The van der Waals surface area contributed by atoms with Crippen LogP contribution in [0.5, 0.6) is 0 Å². The SMILES string of the molecule is CCC(N[C@@H](C)c1cccs1)c1ccccc1. The molecule has 0 fully saturated rings. The Morgan fingerprint density at radius 3 is 2.47 bits per heavy atom. The fraction of sp³-hybridized carbons (Fsp3) is 0.333.